The van der Waals surface area contributed by atoms with E-state index in [1.165, 1.54) is 24.3 Å². The molecule has 8 rings (SSSR count). The highest BCUT2D eigenvalue weighted by molar-refractivity contribution is 8.13. The van der Waals surface area contributed by atoms with Gasteiger partial charge in [0.1, 0.15) is 17.8 Å². The summed E-state index contributed by atoms with van der Waals surface area (Å²) < 4.78 is 59.7. The summed E-state index contributed by atoms with van der Waals surface area (Å²) in [6, 6.07) is 19.4. The number of carbonyl (C=O) groups excluding carboxylic acids is 4. The number of thioether (sulfide) groups is 1. The summed E-state index contributed by atoms with van der Waals surface area (Å²) in [6.07, 6.45) is 8.53. The van der Waals surface area contributed by atoms with E-state index in [-0.39, 0.29) is 45.3 Å². The van der Waals surface area contributed by atoms with Crippen molar-refractivity contribution in [1.29, 1.82) is 0 Å². The van der Waals surface area contributed by atoms with Gasteiger partial charge in [-0.2, -0.15) is 8.78 Å². The van der Waals surface area contributed by atoms with Gasteiger partial charge in [0.2, 0.25) is 11.8 Å². The molecule has 16 heteroatoms. The highest BCUT2D eigenvalue weighted by Crippen LogP contribution is 2.67. The van der Waals surface area contributed by atoms with Gasteiger partial charge in [0.15, 0.2) is 5.12 Å². The number of aromatic nitrogens is 1. The van der Waals surface area contributed by atoms with Crippen molar-refractivity contribution in [1.82, 2.24) is 20.1 Å². The fraction of sp³-hybridized carbons (Fsp3) is 0.400. The van der Waals surface area contributed by atoms with Crippen molar-refractivity contribution >= 4 is 74.4 Å². The SMILES string of the molecule is CCCC(=O)SCCOP(=O)(Oc1cccc2ccccc12)C(F)(F)c1ccc2sc(C(=O)N[C@H]3CCCC[C@H]4CC[C@@H](C(=O)N5CC(c6cccnc6)C5)N4C3=O)cc2c1. The number of carbonyl (C=O) groups is 4. The highest BCUT2D eigenvalue weighted by atomic mass is 32.2. The molecule has 5 aromatic rings. The van der Waals surface area contributed by atoms with Crippen LogP contribution in [0.4, 0.5) is 8.78 Å². The lowest BCUT2D eigenvalue weighted by atomic mass is 9.92. The molecule has 3 aliphatic heterocycles. The first-order valence-corrected chi connectivity index (χ1v) is 24.1. The first-order valence-electron chi connectivity index (χ1n) is 20.8. The zero-order chi connectivity index (χ0) is 42.7. The molecule has 11 nitrogen and oxygen atoms in total. The Morgan fingerprint density at radius 2 is 1.77 bits per heavy atom. The summed E-state index contributed by atoms with van der Waals surface area (Å²) in [7, 11) is -5.32. The van der Waals surface area contributed by atoms with Gasteiger partial charge in [-0.15, -0.1) is 11.3 Å². The second-order valence-electron chi connectivity index (χ2n) is 15.8. The van der Waals surface area contributed by atoms with Crippen LogP contribution in [0.5, 0.6) is 5.75 Å². The Morgan fingerprint density at radius 1 is 0.967 bits per heavy atom. The van der Waals surface area contributed by atoms with Gasteiger partial charge in [0.25, 0.3) is 5.91 Å². The molecule has 2 aromatic heterocycles. The Kier molecular flexibility index (Phi) is 12.9. The fourth-order valence-electron chi connectivity index (χ4n) is 8.49. The summed E-state index contributed by atoms with van der Waals surface area (Å²) in [5.74, 6) is -0.719. The van der Waals surface area contributed by atoms with Crippen LogP contribution in [-0.2, 0) is 29.1 Å². The molecule has 0 radical (unpaired) electrons. The number of thiophene rings is 1. The molecule has 320 valence electrons. The van der Waals surface area contributed by atoms with E-state index in [0.717, 1.165) is 54.0 Å². The third-order valence-electron chi connectivity index (χ3n) is 11.7. The van der Waals surface area contributed by atoms with Crippen LogP contribution in [0.25, 0.3) is 20.9 Å². The standard InChI is InChI=1S/C45H47F2N4O7PS2/c1-2-9-41(52)60-23-22-57-59(56,58-38-16-7-11-29-10-3-5-14-35(29)38)45(46,47)33-17-20-39-31(24-33)25-40(61-39)42(53)49-36-15-6-4-13-34-18-19-37(51(34)43(36)54)44(55)50-27-32(28-50)30-12-8-21-48-26-30/h3,5,7-8,10-12,14,16-17,20-21,24-26,32,34,36-37H,2,4,6,9,13,15,18-19,22-23,27-28H2,1H3,(H,49,53)/t34-,36-,37-,59?/m0/s1. The van der Waals surface area contributed by atoms with E-state index < -0.39 is 43.4 Å². The van der Waals surface area contributed by atoms with E-state index in [9.17, 15) is 23.7 Å². The Hall–Kier alpha value is -4.69. The fourth-order valence-corrected chi connectivity index (χ4v) is 11.8. The van der Waals surface area contributed by atoms with Crippen molar-refractivity contribution in [2.45, 2.75) is 88.0 Å². The van der Waals surface area contributed by atoms with Crippen molar-refractivity contribution in [2.24, 2.45) is 0 Å². The van der Waals surface area contributed by atoms with E-state index in [4.69, 9.17) is 9.05 Å². The number of hydrogen-bond acceptors (Lipinski definition) is 10. The van der Waals surface area contributed by atoms with E-state index >= 15 is 8.78 Å². The molecule has 0 bridgehead atoms. The number of nitrogens with one attached hydrogen (secondary N) is 1. The van der Waals surface area contributed by atoms with E-state index in [0.29, 0.717) is 66.1 Å². The molecule has 3 aliphatic rings. The molecule has 3 aromatic carbocycles. The molecular formula is C45H47F2N4O7PS2. The minimum atomic E-state index is -5.32. The maximum atomic E-state index is 16.7. The number of benzene rings is 3. The first kappa shape index (κ1) is 43.0. The molecule has 4 atom stereocenters. The van der Waals surface area contributed by atoms with Gasteiger partial charge in [-0.3, -0.25) is 28.7 Å². The molecule has 3 saturated heterocycles. The van der Waals surface area contributed by atoms with Gasteiger partial charge >= 0.3 is 13.3 Å². The van der Waals surface area contributed by atoms with Crippen molar-refractivity contribution < 1.29 is 41.6 Å². The number of nitrogens with zero attached hydrogens (tertiary/aromatic N) is 3. The molecule has 3 amide bonds. The topological polar surface area (TPSA) is 135 Å². The third-order valence-corrected chi connectivity index (χ3v) is 15.7. The van der Waals surface area contributed by atoms with Crippen molar-refractivity contribution in [3.05, 3.63) is 107 Å². The molecule has 5 heterocycles. The minimum absolute atomic E-state index is 0.00439. The number of fused-ring (bicyclic) bond motifs is 3. The van der Waals surface area contributed by atoms with Crippen LogP contribution in [0.15, 0.2) is 91.3 Å². The van der Waals surface area contributed by atoms with Crippen molar-refractivity contribution in [2.75, 3.05) is 25.4 Å². The zero-order valence-corrected chi connectivity index (χ0v) is 36.2. The van der Waals surface area contributed by atoms with Gasteiger partial charge in [-0.25, -0.2) is 4.57 Å². The van der Waals surface area contributed by atoms with Crippen molar-refractivity contribution in [3.63, 3.8) is 0 Å². The lowest BCUT2D eigenvalue weighted by Gasteiger charge is -2.43. The summed E-state index contributed by atoms with van der Waals surface area (Å²) in [4.78, 5) is 61.9. The molecule has 0 spiro atoms. The largest absolute Gasteiger partial charge is 0.453 e. The predicted molar refractivity (Wildman–Crippen MR) is 233 cm³/mol. The van der Waals surface area contributed by atoms with Crippen LogP contribution in [0.2, 0.25) is 0 Å². The normalized spacial score (nSPS) is 20.7. The maximum absolute atomic E-state index is 16.7. The second kappa shape index (κ2) is 18.3. The number of pyridine rings is 1. The average molecular weight is 889 g/mol. The number of amides is 3. The van der Waals surface area contributed by atoms with E-state index in [2.05, 4.69) is 10.3 Å². The molecule has 0 aliphatic carbocycles. The van der Waals surface area contributed by atoms with Gasteiger partial charge < -0.3 is 19.6 Å². The van der Waals surface area contributed by atoms with E-state index in [1.54, 1.807) is 52.4 Å². The first-order chi connectivity index (χ1) is 29.5. The average Bonchev–Trinajstić information content (AvgIpc) is 3.87. The quantitative estimate of drug-likeness (QED) is 0.0855. The summed E-state index contributed by atoms with van der Waals surface area (Å²) in [5, 5.41) is 4.26. The van der Waals surface area contributed by atoms with Crippen LogP contribution < -0.4 is 9.84 Å². The summed E-state index contributed by atoms with van der Waals surface area (Å²) >= 11 is 2.01. The Balaban J connectivity index is 0.989. The van der Waals surface area contributed by atoms with Gasteiger partial charge in [0, 0.05) is 65.3 Å². The molecular weight excluding hydrogens is 842 g/mol. The van der Waals surface area contributed by atoms with Crippen LogP contribution in [0.1, 0.15) is 85.0 Å². The zero-order valence-electron chi connectivity index (χ0n) is 33.7. The summed E-state index contributed by atoms with van der Waals surface area (Å²) in [6.45, 7) is 2.56. The Bertz CT molecular complexity index is 2480. The lowest BCUT2D eigenvalue weighted by Crippen LogP contribution is -2.59. The molecule has 0 saturated carbocycles. The third kappa shape index (κ3) is 8.98. The molecule has 1 N–H and O–H groups in total. The number of halogens is 2. The predicted octanol–water partition coefficient (Wildman–Crippen LogP) is 9.51. The second-order valence-corrected chi connectivity index (χ2v) is 20.0. The number of hydrogen-bond donors (Lipinski definition) is 1. The van der Waals surface area contributed by atoms with Crippen LogP contribution in [0, 0.1) is 0 Å². The lowest BCUT2D eigenvalue weighted by molar-refractivity contribution is -0.149. The van der Waals surface area contributed by atoms with Gasteiger partial charge in [-0.1, -0.05) is 80.1 Å². The van der Waals surface area contributed by atoms with Crippen LogP contribution >= 0.6 is 30.7 Å². The van der Waals surface area contributed by atoms with Crippen molar-refractivity contribution in [3.8, 4) is 5.75 Å². The van der Waals surface area contributed by atoms with Crippen LogP contribution in [0.3, 0.4) is 0 Å². The van der Waals surface area contributed by atoms with Gasteiger partial charge in [-0.05, 0) is 78.8 Å². The number of rotatable bonds is 14. The van der Waals surface area contributed by atoms with Crippen LogP contribution in [-0.4, -0.2) is 81.2 Å². The minimum Gasteiger partial charge on any atom is -0.420 e. The van der Waals surface area contributed by atoms with E-state index in [1.807, 2.05) is 25.3 Å². The number of alkyl halides is 2. The molecule has 1 unspecified atom stereocenters. The van der Waals surface area contributed by atoms with Gasteiger partial charge in [0.05, 0.1) is 11.5 Å². The maximum Gasteiger partial charge on any atom is 0.453 e. The molecule has 61 heavy (non-hydrogen) atoms. The molecule has 3 fully saturated rings. The smallest absolute Gasteiger partial charge is 0.420 e. The number of likely N-dealkylation sites (tertiary alicyclic amines) is 1. The monoisotopic (exact) mass is 888 g/mol. The Morgan fingerprint density at radius 3 is 2.57 bits per heavy atom. The highest BCUT2D eigenvalue weighted by Gasteiger charge is 2.57. The summed E-state index contributed by atoms with van der Waals surface area (Å²) in [5.41, 5.74) is -3.71. The Labute approximate surface area is 361 Å².